The summed E-state index contributed by atoms with van der Waals surface area (Å²) in [6.07, 6.45) is 1.60. The van der Waals surface area contributed by atoms with Gasteiger partial charge in [0.25, 0.3) is 11.1 Å². The summed E-state index contributed by atoms with van der Waals surface area (Å²) in [6, 6.07) is 17.5. The molecule has 1 saturated heterocycles. The third kappa shape index (κ3) is 4.94. The molecule has 0 radical (unpaired) electrons. The maximum atomic E-state index is 12.5. The molecule has 0 unspecified atom stereocenters. The molecule has 1 fully saturated rings. The molecule has 1 aliphatic rings. The molecule has 0 aromatic heterocycles. The standard InChI is InChI=1S/C24H19Cl2NO4S/c1-30-9-8-27-23(28)21(32-24(27)29)13-16-11-19(25)22(20(26)12-16)31-14-15-6-7-17-4-2-3-5-18(17)10-15/h2-7,10-13H,8-9,14H2,1H3/b21-13+. The molecule has 32 heavy (non-hydrogen) atoms. The quantitative estimate of drug-likeness (QED) is 0.360. The third-order valence-corrected chi connectivity index (χ3v) is 6.38. The van der Waals surface area contributed by atoms with Crippen molar-refractivity contribution in [3.05, 3.63) is 80.7 Å². The van der Waals surface area contributed by atoms with Crippen molar-refractivity contribution < 1.29 is 19.1 Å². The summed E-state index contributed by atoms with van der Waals surface area (Å²) in [5.41, 5.74) is 1.60. The second-order valence-electron chi connectivity index (χ2n) is 7.11. The first-order chi connectivity index (χ1) is 15.5. The Bertz CT molecular complexity index is 1200. The third-order valence-electron chi connectivity index (χ3n) is 4.91. The topological polar surface area (TPSA) is 55.8 Å². The van der Waals surface area contributed by atoms with Crippen molar-refractivity contribution in [2.45, 2.75) is 6.61 Å². The van der Waals surface area contributed by atoms with E-state index < -0.39 is 0 Å². The van der Waals surface area contributed by atoms with Crippen LogP contribution in [0.4, 0.5) is 4.79 Å². The molecular formula is C24H19Cl2NO4S. The Kier molecular flexibility index (Phi) is 7.06. The number of ether oxygens (including phenoxy) is 2. The van der Waals surface area contributed by atoms with Crippen LogP contribution in [0.15, 0.2) is 59.5 Å². The van der Waals surface area contributed by atoms with Crippen molar-refractivity contribution in [2.75, 3.05) is 20.3 Å². The number of hydrogen-bond acceptors (Lipinski definition) is 5. The number of rotatable bonds is 7. The van der Waals surface area contributed by atoms with Gasteiger partial charge >= 0.3 is 0 Å². The molecule has 1 heterocycles. The number of nitrogens with zero attached hydrogens (tertiary/aromatic N) is 1. The molecule has 0 atom stereocenters. The molecule has 3 aromatic carbocycles. The van der Waals surface area contributed by atoms with Crippen LogP contribution in [0.3, 0.4) is 0 Å². The van der Waals surface area contributed by atoms with Crippen LogP contribution in [0, 0.1) is 0 Å². The van der Waals surface area contributed by atoms with E-state index in [-0.39, 0.29) is 24.3 Å². The number of imide groups is 1. The van der Waals surface area contributed by atoms with Gasteiger partial charge in [-0.1, -0.05) is 59.6 Å². The lowest BCUT2D eigenvalue weighted by Gasteiger charge is -2.12. The molecule has 2 amide bonds. The highest BCUT2D eigenvalue weighted by Gasteiger charge is 2.34. The minimum absolute atomic E-state index is 0.210. The van der Waals surface area contributed by atoms with Gasteiger partial charge in [-0.25, -0.2) is 0 Å². The monoisotopic (exact) mass is 487 g/mol. The van der Waals surface area contributed by atoms with Crippen molar-refractivity contribution in [3.8, 4) is 5.75 Å². The van der Waals surface area contributed by atoms with Crippen molar-refractivity contribution in [3.63, 3.8) is 0 Å². The van der Waals surface area contributed by atoms with E-state index in [1.165, 1.54) is 7.11 Å². The Hall–Kier alpha value is -2.51. The number of carbonyl (C=O) groups excluding carboxylic acids is 2. The predicted octanol–water partition coefficient (Wildman–Crippen LogP) is 6.41. The first-order valence-corrected chi connectivity index (χ1v) is 11.4. The van der Waals surface area contributed by atoms with Gasteiger partial charge in [-0.3, -0.25) is 14.5 Å². The Labute approximate surface area is 199 Å². The average molecular weight is 488 g/mol. The molecule has 0 bridgehead atoms. The summed E-state index contributed by atoms with van der Waals surface area (Å²) < 4.78 is 10.8. The molecular weight excluding hydrogens is 469 g/mol. The van der Waals surface area contributed by atoms with E-state index in [4.69, 9.17) is 32.7 Å². The molecule has 164 valence electrons. The van der Waals surface area contributed by atoms with Crippen LogP contribution >= 0.6 is 35.0 Å². The maximum absolute atomic E-state index is 12.5. The van der Waals surface area contributed by atoms with E-state index in [0.717, 1.165) is 33.0 Å². The highest BCUT2D eigenvalue weighted by Crippen LogP contribution is 2.37. The zero-order chi connectivity index (χ0) is 22.7. The highest BCUT2D eigenvalue weighted by atomic mass is 35.5. The van der Waals surface area contributed by atoms with Crippen LogP contribution in [0.5, 0.6) is 5.75 Å². The second-order valence-corrected chi connectivity index (χ2v) is 8.92. The maximum Gasteiger partial charge on any atom is 0.293 e. The summed E-state index contributed by atoms with van der Waals surface area (Å²) >= 11 is 13.7. The molecule has 5 nitrogen and oxygen atoms in total. The summed E-state index contributed by atoms with van der Waals surface area (Å²) in [5, 5.41) is 2.60. The number of amides is 2. The first-order valence-electron chi connectivity index (χ1n) is 9.80. The van der Waals surface area contributed by atoms with Gasteiger partial charge in [-0.15, -0.1) is 0 Å². The van der Waals surface area contributed by atoms with E-state index >= 15 is 0 Å². The minimum atomic E-state index is -0.360. The lowest BCUT2D eigenvalue weighted by Crippen LogP contribution is -2.31. The molecule has 8 heteroatoms. The van der Waals surface area contributed by atoms with Gasteiger partial charge in [0.05, 0.1) is 28.1 Å². The van der Waals surface area contributed by atoms with Gasteiger partial charge < -0.3 is 9.47 Å². The summed E-state index contributed by atoms with van der Waals surface area (Å²) in [7, 11) is 1.52. The number of hydrogen-bond donors (Lipinski definition) is 0. The number of thioether (sulfide) groups is 1. The molecule has 1 aliphatic heterocycles. The highest BCUT2D eigenvalue weighted by molar-refractivity contribution is 8.18. The van der Waals surface area contributed by atoms with Gasteiger partial charge in [-0.05, 0) is 57.9 Å². The molecule has 3 aromatic rings. The van der Waals surface area contributed by atoms with Crippen molar-refractivity contribution in [1.82, 2.24) is 4.90 Å². The zero-order valence-electron chi connectivity index (χ0n) is 17.1. The molecule has 0 N–H and O–H groups in total. The van der Waals surface area contributed by atoms with Gasteiger partial charge in [0.15, 0.2) is 5.75 Å². The molecule has 0 aliphatic carbocycles. The number of methoxy groups -OCH3 is 1. The van der Waals surface area contributed by atoms with Gasteiger partial charge in [0.1, 0.15) is 6.61 Å². The van der Waals surface area contributed by atoms with Crippen LogP contribution in [-0.2, 0) is 16.1 Å². The zero-order valence-corrected chi connectivity index (χ0v) is 19.5. The number of halogens is 2. The average Bonchev–Trinajstić information content (AvgIpc) is 3.03. The van der Waals surface area contributed by atoms with Crippen LogP contribution in [0.2, 0.25) is 10.0 Å². The van der Waals surface area contributed by atoms with Crippen molar-refractivity contribution in [1.29, 1.82) is 0 Å². The molecule has 0 spiro atoms. The Morgan fingerprint density at radius 1 is 1.00 bits per heavy atom. The van der Waals surface area contributed by atoms with E-state index in [1.54, 1.807) is 18.2 Å². The van der Waals surface area contributed by atoms with Crippen molar-refractivity contribution >= 4 is 63.0 Å². The lowest BCUT2D eigenvalue weighted by atomic mass is 10.1. The SMILES string of the molecule is COCCN1C(=O)S/C(=C/c2cc(Cl)c(OCc3ccc4ccccc4c3)c(Cl)c2)C1=O. The number of carbonyl (C=O) groups is 2. The Balaban J connectivity index is 1.50. The summed E-state index contributed by atoms with van der Waals surface area (Å²) in [5.74, 6) is 0.00719. The fourth-order valence-electron chi connectivity index (χ4n) is 3.31. The van der Waals surface area contributed by atoms with Crippen LogP contribution in [-0.4, -0.2) is 36.3 Å². The molecule has 0 saturated carbocycles. The second kappa shape index (κ2) is 9.96. The van der Waals surface area contributed by atoms with Crippen molar-refractivity contribution in [2.24, 2.45) is 0 Å². The predicted molar refractivity (Wildman–Crippen MR) is 129 cm³/mol. The van der Waals surface area contributed by atoms with E-state index in [0.29, 0.717) is 32.9 Å². The number of benzene rings is 3. The first kappa shape index (κ1) is 22.7. The molecule has 4 rings (SSSR count). The summed E-state index contributed by atoms with van der Waals surface area (Å²) in [6.45, 7) is 0.801. The van der Waals surface area contributed by atoms with Crippen LogP contribution in [0.1, 0.15) is 11.1 Å². The Morgan fingerprint density at radius 3 is 2.44 bits per heavy atom. The lowest BCUT2D eigenvalue weighted by molar-refractivity contribution is -0.123. The van der Waals surface area contributed by atoms with Crippen LogP contribution < -0.4 is 4.74 Å². The van der Waals surface area contributed by atoms with Gasteiger partial charge in [-0.2, -0.15) is 0 Å². The number of fused-ring (bicyclic) bond motifs is 1. The smallest absolute Gasteiger partial charge is 0.293 e. The minimum Gasteiger partial charge on any atom is -0.486 e. The van der Waals surface area contributed by atoms with E-state index in [9.17, 15) is 9.59 Å². The van der Waals surface area contributed by atoms with Gasteiger partial charge in [0, 0.05) is 7.11 Å². The fraction of sp³-hybridized carbons (Fsp3) is 0.167. The Morgan fingerprint density at radius 2 is 1.72 bits per heavy atom. The van der Waals surface area contributed by atoms with Crippen LogP contribution in [0.25, 0.3) is 16.8 Å². The van der Waals surface area contributed by atoms with Gasteiger partial charge in [0.2, 0.25) is 0 Å². The largest absolute Gasteiger partial charge is 0.486 e. The van der Waals surface area contributed by atoms with E-state index in [2.05, 4.69) is 12.1 Å². The fourth-order valence-corrected chi connectivity index (χ4v) is 4.79. The normalized spacial score (nSPS) is 15.2. The summed E-state index contributed by atoms with van der Waals surface area (Å²) in [4.78, 5) is 26.0. The van der Waals surface area contributed by atoms with E-state index in [1.807, 2.05) is 30.3 Å².